The van der Waals surface area contributed by atoms with Gasteiger partial charge in [0.15, 0.2) is 0 Å². The normalized spacial score (nSPS) is 12.0. The van der Waals surface area contributed by atoms with E-state index in [0.717, 1.165) is 16.9 Å². The number of methoxy groups -OCH3 is 1. The van der Waals surface area contributed by atoms with E-state index in [1.54, 1.807) is 14.0 Å². The molecule has 18 heavy (non-hydrogen) atoms. The third-order valence-electron chi connectivity index (χ3n) is 2.72. The quantitative estimate of drug-likeness (QED) is 0.804. The monoisotopic (exact) mass is 251 g/mol. The van der Waals surface area contributed by atoms with Crippen molar-refractivity contribution in [1.82, 2.24) is 5.32 Å². The molecule has 0 heterocycles. The van der Waals surface area contributed by atoms with Crippen molar-refractivity contribution >= 4 is 5.91 Å². The summed E-state index contributed by atoms with van der Waals surface area (Å²) in [4.78, 5) is 11.6. The van der Waals surface area contributed by atoms with Crippen LogP contribution in [0, 0.1) is 6.92 Å². The van der Waals surface area contributed by atoms with Crippen LogP contribution in [0.5, 0.6) is 5.75 Å². The number of aliphatic hydroxyl groups excluding tert-OH is 1. The first-order valence-electron chi connectivity index (χ1n) is 6.11. The Hall–Kier alpha value is -1.55. The minimum Gasteiger partial charge on any atom is -0.496 e. The number of amides is 1. The molecule has 1 atom stereocenters. The minimum atomic E-state index is -0.384. The molecule has 1 rings (SSSR count). The summed E-state index contributed by atoms with van der Waals surface area (Å²) in [6.45, 7) is 4.17. The van der Waals surface area contributed by atoms with Gasteiger partial charge < -0.3 is 15.2 Å². The van der Waals surface area contributed by atoms with Gasteiger partial charge in [-0.25, -0.2) is 0 Å². The molecule has 0 fully saturated rings. The Kier molecular flexibility index (Phi) is 5.65. The highest BCUT2D eigenvalue weighted by Gasteiger charge is 2.06. The molecule has 0 aliphatic carbocycles. The predicted molar refractivity (Wildman–Crippen MR) is 70.7 cm³/mol. The summed E-state index contributed by atoms with van der Waals surface area (Å²) in [6.07, 6.45) is 0.518. The number of hydrogen-bond donors (Lipinski definition) is 2. The topological polar surface area (TPSA) is 58.6 Å². The molecule has 4 nitrogen and oxygen atoms in total. The molecule has 4 heteroatoms. The zero-order chi connectivity index (χ0) is 13.5. The summed E-state index contributed by atoms with van der Waals surface area (Å²) in [5.74, 6) is 0.755. The third-order valence-corrected chi connectivity index (χ3v) is 2.72. The van der Waals surface area contributed by atoms with Crippen molar-refractivity contribution in [1.29, 1.82) is 0 Å². The second-order valence-electron chi connectivity index (χ2n) is 4.47. The summed E-state index contributed by atoms with van der Waals surface area (Å²) in [5, 5.41) is 11.9. The zero-order valence-electron chi connectivity index (χ0n) is 11.2. The van der Waals surface area contributed by atoms with E-state index >= 15 is 0 Å². The van der Waals surface area contributed by atoms with Crippen LogP contribution in [0.4, 0.5) is 0 Å². The summed E-state index contributed by atoms with van der Waals surface area (Å²) < 4.78 is 5.22. The second kappa shape index (κ2) is 7.01. The van der Waals surface area contributed by atoms with Gasteiger partial charge >= 0.3 is 0 Å². The fourth-order valence-electron chi connectivity index (χ4n) is 1.64. The molecule has 0 aliphatic rings. The van der Waals surface area contributed by atoms with E-state index < -0.39 is 0 Å². The lowest BCUT2D eigenvalue weighted by atomic mass is 10.1. The fourth-order valence-corrected chi connectivity index (χ4v) is 1.64. The molecule has 0 aliphatic heterocycles. The van der Waals surface area contributed by atoms with E-state index in [4.69, 9.17) is 9.84 Å². The molecule has 0 spiro atoms. The molecule has 0 bridgehead atoms. The van der Waals surface area contributed by atoms with Crippen LogP contribution < -0.4 is 10.1 Å². The van der Waals surface area contributed by atoms with Gasteiger partial charge in [-0.15, -0.1) is 0 Å². The molecule has 0 saturated carbocycles. The van der Waals surface area contributed by atoms with Crippen LogP contribution >= 0.6 is 0 Å². The van der Waals surface area contributed by atoms with Gasteiger partial charge in [0.1, 0.15) is 5.75 Å². The molecule has 1 amide bonds. The molecule has 0 aromatic heterocycles. The smallest absolute Gasteiger partial charge is 0.224 e. The van der Waals surface area contributed by atoms with E-state index in [1.807, 2.05) is 25.1 Å². The Morgan fingerprint density at radius 2 is 2.22 bits per heavy atom. The number of aliphatic hydroxyl groups is 1. The first kappa shape index (κ1) is 14.5. The van der Waals surface area contributed by atoms with E-state index in [1.165, 1.54) is 0 Å². The van der Waals surface area contributed by atoms with Crippen LogP contribution in [0.2, 0.25) is 0 Å². The van der Waals surface area contributed by atoms with E-state index in [0.29, 0.717) is 19.4 Å². The van der Waals surface area contributed by atoms with Crippen molar-refractivity contribution in [3.8, 4) is 5.75 Å². The average molecular weight is 251 g/mol. The van der Waals surface area contributed by atoms with Crippen LogP contribution in [-0.4, -0.2) is 30.8 Å². The number of ether oxygens (including phenoxy) is 1. The van der Waals surface area contributed by atoms with Gasteiger partial charge in [-0.3, -0.25) is 4.79 Å². The molecule has 1 aromatic carbocycles. The maximum absolute atomic E-state index is 11.6. The average Bonchev–Trinajstić information content (AvgIpc) is 2.31. The number of nitrogens with one attached hydrogen (secondary N) is 1. The first-order valence-corrected chi connectivity index (χ1v) is 6.11. The van der Waals surface area contributed by atoms with Gasteiger partial charge in [-0.05, 0) is 37.5 Å². The van der Waals surface area contributed by atoms with Crippen molar-refractivity contribution in [2.24, 2.45) is 0 Å². The van der Waals surface area contributed by atoms with E-state index in [9.17, 15) is 4.79 Å². The van der Waals surface area contributed by atoms with Crippen LogP contribution in [0.25, 0.3) is 0 Å². The number of carbonyl (C=O) groups excluding carboxylic acids is 1. The Labute approximate surface area is 108 Å². The lowest BCUT2D eigenvalue weighted by Gasteiger charge is -2.09. The Morgan fingerprint density at radius 1 is 1.50 bits per heavy atom. The van der Waals surface area contributed by atoms with Crippen molar-refractivity contribution in [3.63, 3.8) is 0 Å². The van der Waals surface area contributed by atoms with E-state index in [2.05, 4.69) is 5.32 Å². The van der Waals surface area contributed by atoms with Gasteiger partial charge in [-0.2, -0.15) is 0 Å². The number of aryl methyl sites for hydroxylation is 1. The number of hydrogen-bond acceptors (Lipinski definition) is 3. The lowest BCUT2D eigenvalue weighted by Crippen LogP contribution is -2.27. The van der Waals surface area contributed by atoms with Crippen LogP contribution in [0.15, 0.2) is 18.2 Å². The maximum Gasteiger partial charge on any atom is 0.224 e. The highest BCUT2D eigenvalue weighted by molar-refractivity contribution is 5.78. The van der Waals surface area contributed by atoms with Gasteiger partial charge in [0, 0.05) is 6.54 Å². The summed E-state index contributed by atoms with van der Waals surface area (Å²) in [5.41, 5.74) is 1.97. The largest absolute Gasteiger partial charge is 0.496 e. The lowest BCUT2D eigenvalue weighted by molar-refractivity contribution is -0.120. The highest BCUT2D eigenvalue weighted by Crippen LogP contribution is 2.19. The Bertz CT molecular complexity index is 402. The molecular formula is C14H21NO3. The molecular weight excluding hydrogens is 230 g/mol. The van der Waals surface area contributed by atoms with Gasteiger partial charge in [0.05, 0.1) is 19.6 Å². The Morgan fingerprint density at radius 3 is 2.83 bits per heavy atom. The third kappa shape index (κ3) is 4.75. The molecule has 0 radical (unpaired) electrons. The molecule has 1 aromatic rings. The maximum atomic E-state index is 11.6. The molecule has 100 valence electrons. The van der Waals surface area contributed by atoms with Crippen LogP contribution in [0.1, 0.15) is 24.5 Å². The first-order chi connectivity index (χ1) is 8.52. The van der Waals surface area contributed by atoms with Crippen molar-refractivity contribution in [3.05, 3.63) is 29.3 Å². The predicted octanol–water partition coefficient (Wildman–Crippen LogP) is 1.43. The van der Waals surface area contributed by atoms with Gasteiger partial charge in [0.2, 0.25) is 5.91 Å². The molecule has 0 saturated heterocycles. The molecule has 2 N–H and O–H groups in total. The summed E-state index contributed by atoms with van der Waals surface area (Å²) >= 11 is 0. The van der Waals surface area contributed by atoms with Crippen LogP contribution in [0.3, 0.4) is 0 Å². The van der Waals surface area contributed by atoms with Gasteiger partial charge in [0.25, 0.3) is 0 Å². The number of rotatable bonds is 6. The molecule has 1 unspecified atom stereocenters. The highest BCUT2D eigenvalue weighted by atomic mass is 16.5. The SMILES string of the molecule is COc1cc(CC(=O)NCCC(C)O)ccc1C. The summed E-state index contributed by atoms with van der Waals surface area (Å²) in [7, 11) is 1.62. The standard InChI is InChI=1S/C14H21NO3/c1-10-4-5-12(8-13(10)18-3)9-14(17)15-7-6-11(2)16/h4-5,8,11,16H,6-7,9H2,1-3H3,(H,15,17). The number of carbonyl (C=O) groups is 1. The van der Waals surface area contributed by atoms with Crippen molar-refractivity contribution in [2.75, 3.05) is 13.7 Å². The second-order valence-corrected chi connectivity index (χ2v) is 4.47. The van der Waals surface area contributed by atoms with E-state index in [-0.39, 0.29) is 12.0 Å². The minimum absolute atomic E-state index is 0.0402. The van der Waals surface area contributed by atoms with Crippen molar-refractivity contribution < 1.29 is 14.6 Å². The van der Waals surface area contributed by atoms with Gasteiger partial charge in [-0.1, -0.05) is 12.1 Å². The summed E-state index contributed by atoms with van der Waals surface area (Å²) in [6, 6.07) is 5.74. The van der Waals surface area contributed by atoms with Crippen LogP contribution in [-0.2, 0) is 11.2 Å². The Balaban J connectivity index is 2.49. The zero-order valence-corrected chi connectivity index (χ0v) is 11.2. The number of benzene rings is 1. The van der Waals surface area contributed by atoms with Crippen molar-refractivity contribution in [2.45, 2.75) is 32.8 Å². The fraction of sp³-hybridized carbons (Fsp3) is 0.500.